The molecule has 2 N–H and O–H groups in total. The average Bonchev–Trinajstić information content (AvgIpc) is 2.37. The molecule has 0 aliphatic rings. The van der Waals surface area contributed by atoms with Crippen LogP contribution in [0.3, 0.4) is 0 Å². The van der Waals surface area contributed by atoms with E-state index in [4.69, 9.17) is 11.5 Å². The first kappa shape index (κ1) is 12.7. The summed E-state index contributed by atoms with van der Waals surface area (Å²) in [7, 11) is 0. The van der Waals surface area contributed by atoms with Gasteiger partial charge in [0.25, 0.3) is 0 Å². The Hall–Kier alpha value is -2.74. The van der Waals surface area contributed by atoms with E-state index in [-0.39, 0.29) is 18.8 Å². The van der Waals surface area contributed by atoms with Crippen molar-refractivity contribution in [1.29, 1.82) is 0 Å². The maximum absolute atomic E-state index is 10.9. The minimum Gasteiger partial charge on any atom is -0.508 e. The number of phenols is 1. The number of carboxylic acid groups (broad SMARTS) is 1. The van der Waals surface area contributed by atoms with Crippen LogP contribution in [0.2, 0.25) is 0 Å². The zero-order valence-corrected chi connectivity index (χ0v) is 10.1. The van der Waals surface area contributed by atoms with Crippen LogP contribution in [0.15, 0.2) is 30.5 Å². The van der Waals surface area contributed by atoms with Gasteiger partial charge in [0.15, 0.2) is 0 Å². The van der Waals surface area contributed by atoms with Crippen LogP contribution < -0.4 is 4.90 Å². The van der Waals surface area contributed by atoms with Crippen molar-refractivity contribution in [2.45, 2.75) is 0 Å². The molecule has 1 aromatic heterocycles. The lowest BCUT2D eigenvalue weighted by Crippen LogP contribution is -2.30. The van der Waals surface area contributed by atoms with Gasteiger partial charge >= 0.3 is 5.97 Å². The van der Waals surface area contributed by atoms with E-state index < -0.39 is 5.97 Å². The molecule has 96 valence electrons. The van der Waals surface area contributed by atoms with Gasteiger partial charge in [-0.05, 0) is 23.6 Å². The van der Waals surface area contributed by atoms with Crippen molar-refractivity contribution in [2.24, 2.45) is 0 Å². The number of rotatable bonds is 4. The summed E-state index contributed by atoms with van der Waals surface area (Å²) in [5.74, 6) is 1.97. The second-order valence-electron chi connectivity index (χ2n) is 3.99. The molecule has 0 saturated carbocycles. The zero-order chi connectivity index (χ0) is 13.8. The number of anilines is 1. The van der Waals surface area contributed by atoms with Gasteiger partial charge in [0, 0.05) is 11.6 Å². The van der Waals surface area contributed by atoms with Gasteiger partial charge in [0.05, 0.1) is 6.54 Å². The van der Waals surface area contributed by atoms with Crippen molar-refractivity contribution in [3.63, 3.8) is 0 Å². The molecule has 0 unspecified atom stereocenters. The van der Waals surface area contributed by atoms with Crippen LogP contribution in [0.5, 0.6) is 5.75 Å². The molecule has 0 saturated heterocycles. The predicted molar refractivity (Wildman–Crippen MR) is 72.1 cm³/mol. The number of terminal acetylenes is 1. The van der Waals surface area contributed by atoms with E-state index in [1.54, 1.807) is 30.5 Å². The van der Waals surface area contributed by atoms with Crippen molar-refractivity contribution in [1.82, 2.24) is 4.98 Å². The van der Waals surface area contributed by atoms with Gasteiger partial charge in [-0.15, -0.1) is 6.42 Å². The monoisotopic (exact) mass is 256 g/mol. The van der Waals surface area contributed by atoms with Gasteiger partial charge in [0.1, 0.15) is 18.1 Å². The van der Waals surface area contributed by atoms with E-state index in [0.29, 0.717) is 11.2 Å². The Kier molecular flexibility index (Phi) is 3.53. The zero-order valence-electron chi connectivity index (χ0n) is 10.1. The molecule has 2 aromatic rings. The number of carboxylic acids is 1. The highest BCUT2D eigenvalue weighted by atomic mass is 16.4. The number of benzene rings is 1. The van der Waals surface area contributed by atoms with E-state index in [0.717, 1.165) is 5.39 Å². The standard InChI is InChI=1S/C14H12N2O3/c1-2-7-16(9-13(18)19)14-12-8-11(17)4-3-10(12)5-6-15-14/h1,3-6,8,17H,7,9H2,(H,18,19). The van der Waals surface area contributed by atoms with Crippen LogP contribution in [-0.4, -0.2) is 34.3 Å². The van der Waals surface area contributed by atoms with E-state index in [1.807, 2.05) is 0 Å². The Morgan fingerprint density at radius 1 is 1.42 bits per heavy atom. The number of fused-ring (bicyclic) bond motifs is 1. The first-order valence-corrected chi connectivity index (χ1v) is 5.60. The molecular formula is C14H12N2O3. The number of hydrogen-bond donors (Lipinski definition) is 2. The molecule has 0 fully saturated rings. The average molecular weight is 256 g/mol. The lowest BCUT2D eigenvalue weighted by Gasteiger charge is -2.20. The molecule has 19 heavy (non-hydrogen) atoms. The number of pyridine rings is 1. The summed E-state index contributed by atoms with van der Waals surface area (Å²) in [6.07, 6.45) is 6.84. The molecule has 1 heterocycles. The molecule has 5 nitrogen and oxygen atoms in total. The van der Waals surface area contributed by atoms with Crippen LogP contribution in [0.25, 0.3) is 10.8 Å². The van der Waals surface area contributed by atoms with Crippen molar-refractivity contribution >= 4 is 22.6 Å². The van der Waals surface area contributed by atoms with Crippen molar-refractivity contribution in [3.8, 4) is 18.1 Å². The Morgan fingerprint density at radius 3 is 2.89 bits per heavy atom. The minimum absolute atomic E-state index is 0.0951. The first-order chi connectivity index (χ1) is 9.11. The highest BCUT2D eigenvalue weighted by Gasteiger charge is 2.14. The first-order valence-electron chi connectivity index (χ1n) is 5.60. The molecular weight excluding hydrogens is 244 g/mol. The summed E-state index contributed by atoms with van der Waals surface area (Å²) in [6.45, 7) is -0.111. The Labute approximate surface area is 110 Å². The number of phenolic OH excluding ortho intramolecular Hbond substituents is 1. The summed E-state index contributed by atoms with van der Waals surface area (Å²) < 4.78 is 0. The van der Waals surface area contributed by atoms with E-state index in [1.165, 1.54) is 4.90 Å². The molecule has 2 rings (SSSR count). The van der Waals surface area contributed by atoms with Gasteiger partial charge in [-0.25, -0.2) is 4.98 Å². The summed E-state index contributed by atoms with van der Waals surface area (Å²) in [5, 5.41) is 20.0. The lowest BCUT2D eigenvalue weighted by molar-refractivity contribution is -0.135. The molecule has 0 aliphatic heterocycles. The number of aromatic nitrogens is 1. The van der Waals surface area contributed by atoms with Crippen LogP contribution in [0.4, 0.5) is 5.82 Å². The lowest BCUT2D eigenvalue weighted by atomic mass is 10.1. The Morgan fingerprint density at radius 2 is 2.21 bits per heavy atom. The number of hydrogen-bond acceptors (Lipinski definition) is 4. The van der Waals surface area contributed by atoms with E-state index in [9.17, 15) is 9.90 Å². The quantitative estimate of drug-likeness (QED) is 0.810. The number of aromatic hydroxyl groups is 1. The van der Waals surface area contributed by atoms with Crippen molar-refractivity contribution in [3.05, 3.63) is 30.5 Å². The molecule has 0 bridgehead atoms. The topological polar surface area (TPSA) is 73.7 Å². The number of aliphatic carboxylic acids is 1. The SMILES string of the molecule is C#CCN(CC(=O)O)c1nccc2ccc(O)cc12. The molecule has 0 radical (unpaired) electrons. The fourth-order valence-electron chi connectivity index (χ4n) is 1.87. The van der Waals surface area contributed by atoms with E-state index in [2.05, 4.69) is 10.9 Å². The summed E-state index contributed by atoms with van der Waals surface area (Å²) in [6, 6.07) is 6.63. The third-order valence-electron chi connectivity index (χ3n) is 2.64. The van der Waals surface area contributed by atoms with Gasteiger partial charge in [-0.2, -0.15) is 0 Å². The van der Waals surface area contributed by atoms with Gasteiger partial charge in [-0.3, -0.25) is 4.79 Å². The predicted octanol–water partition coefficient (Wildman–Crippen LogP) is 1.46. The molecule has 0 aliphatic carbocycles. The second-order valence-corrected chi connectivity index (χ2v) is 3.99. The van der Waals surface area contributed by atoms with Gasteiger partial charge in [0.2, 0.25) is 0 Å². The highest BCUT2D eigenvalue weighted by Crippen LogP contribution is 2.27. The maximum Gasteiger partial charge on any atom is 0.323 e. The molecule has 0 atom stereocenters. The molecule has 0 spiro atoms. The second kappa shape index (κ2) is 5.27. The van der Waals surface area contributed by atoms with Gasteiger partial charge < -0.3 is 15.1 Å². The Balaban J connectivity index is 2.55. The maximum atomic E-state index is 10.9. The molecule has 0 amide bonds. The summed E-state index contributed by atoms with van der Waals surface area (Å²) in [4.78, 5) is 16.5. The number of nitrogens with zero attached hydrogens (tertiary/aromatic N) is 2. The normalized spacial score (nSPS) is 10.1. The minimum atomic E-state index is -0.991. The van der Waals surface area contributed by atoms with Crippen LogP contribution in [-0.2, 0) is 4.79 Å². The van der Waals surface area contributed by atoms with Crippen LogP contribution in [0.1, 0.15) is 0 Å². The highest BCUT2D eigenvalue weighted by molar-refractivity contribution is 5.94. The third-order valence-corrected chi connectivity index (χ3v) is 2.64. The van der Waals surface area contributed by atoms with Crippen LogP contribution >= 0.6 is 0 Å². The fourth-order valence-corrected chi connectivity index (χ4v) is 1.87. The summed E-state index contributed by atoms with van der Waals surface area (Å²) >= 11 is 0. The third kappa shape index (κ3) is 2.75. The molecule has 1 aromatic carbocycles. The molecule has 5 heteroatoms. The van der Waals surface area contributed by atoms with Gasteiger partial charge in [-0.1, -0.05) is 12.0 Å². The Bertz CT molecular complexity index is 661. The van der Waals surface area contributed by atoms with Crippen molar-refractivity contribution < 1.29 is 15.0 Å². The smallest absolute Gasteiger partial charge is 0.323 e. The fraction of sp³-hybridized carbons (Fsp3) is 0.143. The number of carbonyl (C=O) groups is 1. The summed E-state index contributed by atoms with van der Waals surface area (Å²) in [5.41, 5.74) is 0. The van der Waals surface area contributed by atoms with Crippen LogP contribution in [0, 0.1) is 12.3 Å². The van der Waals surface area contributed by atoms with Crippen molar-refractivity contribution in [2.75, 3.05) is 18.0 Å². The van der Waals surface area contributed by atoms with E-state index >= 15 is 0 Å². The largest absolute Gasteiger partial charge is 0.508 e.